The number of rotatable bonds is 6. The molecule has 3 aliphatic rings. The number of oxazole rings is 1. The fourth-order valence-electron chi connectivity index (χ4n) is 5.67. The maximum Gasteiger partial charge on any atom is 0.231 e. The quantitative estimate of drug-likeness (QED) is 0.377. The molecule has 1 aromatic carbocycles. The lowest BCUT2D eigenvalue weighted by Crippen LogP contribution is -2.46. The Kier molecular flexibility index (Phi) is 7.02. The summed E-state index contributed by atoms with van der Waals surface area (Å²) in [6.45, 7) is 0.761. The van der Waals surface area contributed by atoms with E-state index < -0.39 is 22.4 Å². The summed E-state index contributed by atoms with van der Waals surface area (Å²) in [4.78, 5) is 23.9. The third kappa shape index (κ3) is 5.31. The van der Waals surface area contributed by atoms with Crippen molar-refractivity contribution in [3.63, 3.8) is 0 Å². The molecule has 0 bridgehead atoms. The van der Waals surface area contributed by atoms with Crippen LogP contribution in [0.1, 0.15) is 50.2 Å². The number of thioether (sulfide) groups is 1. The maximum absolute atomic E-state index is 14.7. The first-order valence-corrected chi connectivity index (χ1v) is 14.5. The van der Waals surface area contributed by atoms with Crippen LogP contribution in [0.4, 0.5) is 10.1 Å². The minimum Gasteiger partial charge on any atom is -0.440 e. The molecule has 3 aromatic rings. The predicted molar refractivity (Wildman–Crippen MR) is 147 cm³/mol. The second-order valence-corrected chi connectivity index (χ2v) is 12.2. The van der Waals surface area contributed by atoms with Crippen LogP contribution in [0.2, 0.25) is 0 Å². The molecule has 2 atom stereocenters. The smallest absolute Gasteiger partial charge is 0.231 e. The van der Waals surface area contributed by atoms with Crippen molar-refractivity contribution in [1.82, 2.24) is 15.3 Å². The van der Waals surface area contributed by atoms with Crippen molar-refractivity contribution in [3.8, 4) is 28.8 Å². The Hall–Kier alpha value is -3.46. The minimum atomic E-state index is -1.80. The van der Waals surface area contributed by atoms with E-state index >= 15 is 0 Å². The molecule has 3 N–H and O–H groups in total. The van der Waals surface area contributed by atoms with Gasteiger partial charge in [0.1, 0.15) is 17.0 Å². The summed E-state index contributed by atoms with van der Waals surface area (Å²) in [6, 6.07) is 11.3. The molecule has 40 heavy (non-hydrogen) atoms. The van der Waals surface area contributed by atoms with Gasteiger partial charge >= 0.3 is 0 Å². The highest BCUT2D eigenvalue weighted by molar-refractivity contribution is 8.00. The van der Waals surface area contributed by atoms with E-state index in [1.807, 2.05) is 29.2 Å². The van der Waals surface area contributed by atoms with Crippen molar-refractivity contribution in [2.24, 2.45) is 5.92 Å². The zero-order valence-corrected chi connectivity index (χ0v) is 22.7. The van der Waals surface area contributed by atoms with Gasteiger partial charge in [0.05, 0.1) is 24.4 Å². The van der Waals surface area contributed by atoms with Gasteiger partial charge in [-0.1, -0.05) is 36.7 Å². The molecule has 3 heterocycles. The number of benzene rings is 1. The van der Waals surface area contributed by atoms with E-state index in [-0.39, 0.29) is 29.8 Å². The summed E-state index contributed by atoms with van der Waals surface area (Å²) < 4.78 is 21.0. The molecule has 208 valence electrons. The summed E-state index contributed by atoms with van der Waals surface area (Å²) in [5, 5.41) is 30.8. The predicted octanol–water partition coefficient (Wildman–Crippen LogP) is 4.18. The lowest BCUT2D eigenvalue weighted by molar-refractivity contribution is -0.127. The van der Waals surface area contributed by atoms with E-state index in [0.29, 0.717) is 49.4 Å². The molecule has 3 fully saturated rings. The number of hydrogen-bond donors (Lipinski definition) is 3. The van der Waals surface area contributed by atoms with Crippen LogP contribution >= 0.6 is 11.8 Å². The molecule has 9 nitrogen and oxygen atoms in total. The molecule has 2 aromatic heterocycles. The largest absolute Gasteiger partial charge is 0.440 e. The SMILES string of the molecule is N#CC1(NC(=O)C2CCCCC2c2oc(-c3ccncc3F)nc2-c2ccc(N3CCSC(O)(O)C3)cc2)CC1. The van der Waals surface area contributed by atoms with Crippen LogP contribution < -0.4 is 10.2 Å². The number of anilines is 1. The van der Waals surface area contributed by atoms with Crippen LogP contribution in [0, 0.1) is 23.1 Å². The second kappa shape index (κ2) is 10.5. The van der Waals surface area contributed by atoms with E-state index in [4.69, 9.17) is 9.40 Å². The molecule has 2 saturated carbocycles. The highest BCUT2D eigenvalue weighted by Crippen LogP contribution is 2.45. The Bertz CT molecular complexity index is 1450. The first kappa shape index (κ1) is 26.7. The highest BCUT2D eigenvalue weighted by Gasteiger charge is 2.47. The van der Waals surface area contributed by atoms with E-state index in [1.54, 1.807) is 0 Å². The Morgan fingerprint density at radius 2 is 1.98 bits per heavy atom. The van der Waals surface area contributed by atoms with Crippen molar-refractivity contribution in [1.29, 1.82) is 5.26 Å². The van der Waals surface area contributed by atoms with E-state index in [0.717, 1.165) is 42.1 Å². The van der Waals surface area contributed by atoms with Gasteiger partial charge in [-0.05, 0) is 43.9 Å². The number of nitriles is 1. The molecular weight excluding hydrogens is 533 g/mol. The van der Waals surface area contributed by atoms with Crippen LogP contribution in [-0.4, -0.2) is 55.6 Å². The highest BCUT2D eigenvalue weighted by atomic mass is 32.2. The van der Waals surface area contributed by atoms with Gasteiger partial charge in [-0.2, -0.15) is 5.26 Å². The van der Waals surface area contributed by atoms with Crippen molar-refractivity contribution in [2.75, 3.05) is 23.7 Å². The number of nitrogens with zero attached hydrogens (tertiary/aromatic N) is 4. The topological polar surface area (TPSA) is 136 Å². The zero-order chi connectivity index (χ0) is 27.9. The molecule has 6 rings (SSSR count). The summed E-state index contributed by atoms with van der Waals surface area (Å²) in [7, 11) is 0. The van der Waals surface area contributed by atoms with Crippen molar-refractivity contribution in [2.45, 2.75) is 55.1 Å². The first-order chi connectivity index (χ1) is 19.3. The second-order valence-electron chi connectivity index (χ2n) is 10.8. The van der Waals surface area contributed by atoms with Crippen LogP contribution in [-0.2, 0) is 4.79 Å². The normalized spacial score (nSPS) is 23.3. The third-order valence-corrected chi connectivity index (χ3v) is 9.00. The lowest BCUT2D eigenvalue weighted by atomic mass is 9.76. The van der Waals surface area contributed by atoms with Crippen molar-refractivity contribution >= 4 is 23.4 Å². The number of β-amino-alcohol motifs (C(OH)–C–C–N with tert-alkyl or cyclic N) is 2. The molecule has 11 heteroatoms. The van der Waals surface area contributed by atoms with Gasteiger partial charge in [0.2, 0.25) is 16.9 Å². The van der Waals surface area contributed by atoms with Crippen LogP contribution in [0.5, 0.6) is 0 Å². The molecule has 1 amide bonds. The maximum atomic E-state index is 14.7. The Balaban J connectivity index is 1.37. The van der Waals surface area contributed by atoms with Gasteiger partial charge in [0.25, 0.3) is 0 Å². The summed E-state index contributed by atoms with van der Waals surface area (Å²) in [6.07, 6.45) is 7.06. The summed E-state index contributed by atoms with van der Waals surface area (Å²) >= 11 is 1.11. The number of carbonyl (C=O) groups excluding carboxylic acids is 1. The summed E-state index contributed by atoms with van der Waals surface area (Å²) in [5.74, 6) is -0.160. The molecular formula is C29H30FN5O4S. The number of nitrogens with one attached hydrogen (secondary N) is 1. The molecule has 1 saturated heterocycles. The van der Waals surface area contributed by atoms with Crippen LogP contribution in [0.15, 0.2) is 47.1 Å². The van der Waals surface area contributed by atoms with Gasteiger partial charge < -0.3 is 24.8 Å². The van der Waals surface area contributed by atoms with E-state index in [9.17, 15) is 24.7 Å². The van der Waals surface area contributed by atoms with E-state index in [1.165, 1.54) is 12.3 Å². The molecule has 0 radical (unpaired) electrons. The number of carbonyl (C=O) groups is 1. The summed E-state index contributed by atoms with van der Waals surface area (Å²) in [5.41, 5.74) is 1.54. The van der Waals surface area contributed by atoms with E-state index in [2.05, 4.69) is 16.4 Å². The minimum absolute atomic E-state index is 0.0841. The molecule has 1 aliphatic heterocycles. The van der Waals surface area contributed by atoms with Crippen LogP contribution in [0.3, 0.4) is 0 Å². The first-order valence-electron chi connectivity index (χ1n) is 13.6. The fraction of sp³-hybridized carbons (Fsp3) is 0.448. The number of aliphatic hydroxyl groups is 2. The zero-order valence-electron chi connectivity index (χ0n) is 21.8. The number of aromatic nitrogens is 2. The van der Waals surface area contributed by atoms with Gasteiger partial charge in [0, 0.05) is 41.6 Å². The Labute approximate surface area is 235 Å². The standard InChI is InChI=1S/C29H30FN5O4S/c30-23-15-32-12-9-22(23)27-33-24(18-5-7-19(8-6-18)35-13-14-40-29(37,38)17-35)25(39-27)20-3-1-2-4-21(20)26(36)34-28(16-31)10-11-28/h5-9,12,15,20-21,37-38H,1-4,10-11,13-14,17H2,(H,34,36). The number of hydrogen-bond acceptors (Lipinski definition) is 9. The van der Waals surface area contributed by atoms with Crippen molar-refractivity contribution < 1.29 is 23.8 Å². The van der Waals surface area contributed by atoms with Gasteiger partial charge in [-0.25, -0.2) is 9.37 Å². The van der Waals surface area contributed by atoms with Crippen molar-refractivity contribution in [3.05, 3.63) is 54.3 Å². The molecule has 2 unspecified atom stereocenters. The Morgan fingerprint density at radius 1 is 1.20 bits per heavy atom. The fourth-order valence-corrected chi connectivity index (χ4v) is 6.56. The monoisotopic (exact) mass is 563 g/mol. The average Bonchev–Trinajstić information content (AvgIpc) is 3.59. The van der Waals surface area contributed by atoms with Crippen LogP contribution in [0.25, 0.3) is 22.7 Å². The molecule has 0 spiro atoms. The van der Waals surface area contributed by atoms with Gasteiger partial charge in [-0.15, -0.1) is 0 Å². The lowest BCUT2D eigenvalue weighted by Gasteiger charge is -2.36. The average molecular weight is 564 g/mol. The number of amides is 1. The Morgan fingerprint density at radius 3 is 2.67 bits per heavy atom. The third-order valence-electron chi connectivity index (χ3n) is 8.02. The van der Waals surface area contributed by atoms with Gasteiger partial charge in [-0.3, -0.25) is 9.78 Å². The molecule has 2 aliphatic carbocycles. The number of pyridine rings is 1. The number of halogens is 1. The van der Waals surface area contributed by atoms with Gasteiger partial charge in [0.15, 0.2) is 5.82 Å².